The van der Waals surface area contributed by atoms with Gasteiger partial charge < -0.3 is 10.1 Å². The summed E-state index contributed by atoms with van der Waals surface area (Å²) in [5, 5.41) is 3.10. The Morgan fingerprint density at radius 2 is 2.22 bits per heavy atom. The van der Waals surface area contributed by atoms with Crippen molar-refractivity contribution < 1.29 is 4.79 Å². The van der Waals surface area contributed by atoms with Crippen LogP contribution in [0.3, 0.4) is 0 Å². The first kappa shape index (κ1) is 8.92. The average Bonchev–Trinajstić information content (AvgIpc) is 1.90. The molecule has 1 aliphatic heterocycles. The molecule has 2 nitrogen and oxygen atoms in total. The van der Waals surface area contributed by atoms with E-state index in [-0.39, 0.29) is 18.4 Å². The lowest BCUT2D eigenvalue weighted by Crippen LogP contribution is -2.34. The fourth-order valence-electron chi connectivity index (χ4n) is 0.995. The molecule has 54 valence electrons. The van der Waals surface area contributed by atoms with Crippen LogP contribution in [0.25, 0.3) is 0 Å². The molecule has 0 amide bonds. The van der Waals surface area contributed by atoms with Crippen molar-refractivity contribution in [2.75, 3.05) is 6.54 Å². The van der Waals surface area contributed by atoms with Gasteiger partial charge in [-0.25, -0.2) is 0 Å². The van der Waals surface area contributed by atoms with Crippen LogP contribution in [0.4, 0.5) is 0 Å². The zero-order valence-corrected chi connectivity index (χ0v) is 6.12. The van der Waals surface area contributed by atoms with Gasteiger partial charge in [-0.05, 0) is 19.4 Å². The van der Waals surface area contributed by atoms with Gasteiger partial charge in [0.2, 0.25) is 0 Å². The Balaban J connectivity index is 0.000000640. The maximum Gasteiger partial charge on any atom is 0.136 e. The molecular weight excluding hydrogens is 138 g/mol. The van der Waals surface area contributed by atoms with Crippen LogP contribution in [-0.2, 0) is 4.79 Å². The first-order chi connectivity index (χ1) is 3.93. The Kier molecular flexibility index (Phi) is 4.72. The monoisotopic (exact) mass is 149 g/mol. The van der Waals surface area contributed by atoms with E-state index in [9.17, 15) is 4.79 Å². The van der Waals surface area contributed by atoms with Crippen molar-refractivity contribution in [2.45, 2.75) is 25.3 Å². The van der Waals surface area contributed by atoms with Crippen LogP contribution in [0.2, 0.25) is 0 Å². The molecule has 0 saturated carbocycles. The molecule has 0 aliphatic carbocycles. The Morgan fingerprint density at radius 3 is 2.56 bits per heavy atom. The number of carbonyl (C=O) groups is 1. The van der Waals surface area contributed by atoms with Crippen LogP contribution in [0.1, 0.15) is 19.3 Å². The highest BCUT2D eigenvalue weighted by atomic mass is 35.5. The van der Waals surface area contributed by atoms with E-state index in [1.54, 1.807) is 0 Å². The van der Waals surface area contributed by atoms with Gasteiger partial charge in [0.15, 0.2) is 0 Å². The standard InChI is InChI=1S/C6H11NO.ClH/c8-5-6-3-1-2-4-7-6;/h5-7H,1-4H2;1H. The van der Waals surface area contributed by atoms with E-state index in [4.69, 9.17) is 0 Å². The van der Waals surface area contributed by atoms with Crippen molar-refractivity contribution in [1.29, 1.82) is 0 Å². The van der Waals surface area contributed by atoms with Gasteiger partial charge in [0.25, 0.3) is 0 Å². The molecule has 1 unspecified atom stereocenters. The second-order valence-corrected chi connectivity index (χ2v) is 2.19. The summed E-state index contributed by atoms with van der Waals surface area (Å²) in [6.45, 7) is 1.02. The van der Waals surface area contributed by atoms with Gasteiger partial charge in [0.1, 0.15) is 6.29 Å². The third kappa shape index (κ3) is 2.82. The number of halogens is 1. The molecule has 0 aromatic carbocycles. The predicted octanol–water partition coefficient (Wildman–Crippen LogP) is 0.749. The average molecular weight is 150 g/mol. The number of rotatable bonds is 1. The number of aldehydes is 1. The third-order valence-electron chi connectivity index (χ3n) is 1.51. The highest BCUT2D eigenvalue weighted by molar-refractivity contribution is 5.85. The van der Waals surface area contributed by atoms with Gasteiger partial charge >= 0.3 is 0 Å². The molecule has 1 rings (SSSR count). The zero-order chi connectivity index (χ0) is 5.82. The van der Waals surface area contributed by atoms with Crippen LogP contribution < -0.4 is 5.32 Å². The molecule has 9 heavy (non-hydrogen) atoms. The summed E-state index contributed by atoms with van der Waals surface area (Å²) in [7, 11) is 0. The topological polar surface area (TPSA) is 29.1 Å². The van der Waals surface area contributed by atoms with Crippen LogP contribution in [0.15, 0.2) is 0 Å². The SMILES string of the molecule is Cl.O=CC1CCCCN1. The summed E-state index contributed by atoms with van der Waals surface area (Å²) in [4.78, 5) is 10.1. The quantitative estimate of drug-likeness (QED) is 0.558. The van der Waals surface area contributed by atoms with Crippen molar-refractivity contribution in [3.63, 3.8) is 0 Å². The van der Waals surface area contributed by atoms with Crippen molar-refractivity contribution in [3.8, 4) is 0 Å². The van der Waals surface area contributed by atoms with E-state index < -0.39 is 0 Å². The first-order valence-corrected chi connectivity index (χ1v) is 3.12. The summed E-state index contributed by atoms with van der Waals surface area (Å²) in [5.41, 5.74) is 0. The summed E-state index contributed by atoms with van der Waals surface area (Å²) < 4.78 is 0. The van der Waals surface area contributed by atoms with Crippen molar-refractivity contribution in [1.82, 2.24) is 5.32 Å². The van der Waals surface area contributed by atoms with E-state index in [0.29, 0.717) is 0 Å². The van der Waals surface area contributed by atoms with Crippen molar-refractivity contribution >= 4 is 18.7 Å². The number of carbonyl (C=O) groups excluding carboxylic acids is 1. The van der Waals surface area contributed by atoms with Gasteiger partial charge in [-0.2, -0.15) is 0 Å². The Labute approximate surface area is 61.4 Å². The molecule has 3 heteroatoms. The highest BCUT2D eigenvalue weighted by Gasteiger charge is 2.09. The van der Waals surface area contributed by atoms with Crippen LogP contribution in [0.5, 0.6) is 0 Å². The number of nitrogens with one attached hydrogen (secondary N) is 1. The Morgan fingerprint density at radius 1 is 1.44 bits per heavy atom. The van der Waals surface area contributed by atoms with E-state index in [1.807, 2.05) is 0 Å². The summed E-state index contributed by atoms with van der Waals surface area (Å²) in [6.07, 6.45) is 4.46. The van der Waals surface area contributed by atoms with E-state index >= 15 is 0 Å². The lowest BCUT2D eigenvalue weighted by Gasteiger charge is -2.17. The lowest BCUT2D eigenvalue weighted by molar-refractivity contribution is -0.110. The summed E-state index contributed by atoms with van der Waals surface area (Å²) >= 11 is 0. The van der Waals surface area contributed by atoms with Crippen molar-refractivity contribution in [3.05, 3.63) is 0 Å². The number of piperidine rings is 1. The van der Waals surface area contributed by atoms with E-state index in [2.05, 4.69) is 5.32 Å². The van der Waals surface area contributed by atoms with E-state index in [0.717, 1.165) is 19.3 Å². The molecule has 0 aromatic rings. The van der Waals surface area contributed by atoms with Crippen molar-refractivity contribution in [2.24, 2.45) is 0 Å². The van der Waals surface area contributed by atoms with Gasteiger partial charge in [-0.15, -0.1) is 12.4 Å². The minimum atomic E-state index is 0. The molecule has 1 aliphatic rings. The van der Waals surface area contributed by atoms with Crippen LogP contribution in [-0.4, -0.2) is 18.9 Å². The van der Waals surface area contributed by atoms with Gasteiger partial charge in [-0.3, -0.25) is 0 Å². The minimum absolute atomic E-state index is 0. The zero-order valence-electron chi connectivity index (χ0n) is 5.30. The van der Waals surface area contributed by atoms with E-state index in [1.165, 1.54) is 12.8 Å². The smallest absolute Gasteiger partial charge is 0.136 e. The molecule has 0 bridgehead atoms. The number of hydrogen-bond acceptors (Lipinski definition) is 2. The Hall–Kier alpha value is -0.0800. The fraction of sp³-hybridized carbons (Fsp3) is 0.833. The van der Waals surface area contributed by atoms with Crippen LogP contribution in [0, 0.1) is 0 Å². The molecule has 0 spiro atoms. The maximum absolute atomic E-state index is 10.1. The molecule has 0 radical (unpaired) electrons. The summed E-state index contributed by atoms with van der Waals surface area (Å²) in [5.74, 6) is 0. The number of hydrogen-bond donors (Lipinski definition) is 1. The molecule has 1 atom stereocenters. The molecule has 1 heterocycles. The molecule has 1 fully saturated rings. The molecule has 1 N–H and O–H groups in total. The second kappa shape index (κ2) is 4.77. The minimum Gasteiger partial charge on any atom is -0.308 e. The third-order valence-corrected chi connectivity index (χ3v) is 1.51. The molecular formula is C6H12ClNO. The predicted molar refractivity (Wildman–Crippen MR) is 39.0 cm³/mol. The summed E-state index contributed by atoms with van der Waals surface area (Å²) in [6, 6.07) is 0.156. The fourth-order valence-corrected chi connectivity index (χ4v) is 0.995. The maximum atomic E-state index is 10.1. The second-order valence-electron chi connectivity index (χ2n) is 2.19. The molecule has 0 aromatic heterocycles. The Bertz CT molecular complexity index is 81.1. The normalized spacial score (nSPS) is 26.4. The molecule has 1 saturated heterocycles. The van der Waals surface area contributed by atoms with Crippen LogP contribution >= 0.6 is 12.4 Å². The van der Waals surface area contributed by atoms with Gasteiger partial charge in [0, 0.05) is 0 Å². The first-order valence-electron chi connectivity index (χ1n) is 3.12. The van der Waals surface area contributed by atoms with Gasteiger partial charge in [-0.1, -0.05) is 6.42 Å². The van der Waals surface area contributed by atoms with Gasteiger partial charge in [0.05, 0.1) is 6.04 Å². The lowest BCUT2D eigenvalue weighted by atomic mass is 10.1. The highest BCUT2D eigenvalue weighted by Crippen LogP contribution is 2.03. The largest absolute Gasteiger partial charge is 0.308 e.